The maximum atomic E-state index is 12.5. The fraction of sp³-hybridized carbons (Fsp3) is 0.238. The summed E-state index contributed by atoms with van der Waals surface area (Å²) in [5, 5.41) is 0. The van der Waals surface area contributed by atoms with Gasteiger partial charge in [0.15, 0.2) is 0 Å². The molecule has 0 saturated heterocycles. The normalized spacial score (nSPS) is 10.5. The number of rotatable bonds is 6. The van der Waals surface area contributed by atoms with Gasteiger partial charge in [0.1, 0.15) is 17.2 Å². The molecule has 0 bridgehead atoms. The van der Waals surface area contributed by atoms with E-state index in [0.717, 1.165) is 22.4 Å². The molecular formula is C21H22N2O4. The zero-order valence-corrected chi connectivity index (χ0v) is 15.8. The van der Waals surface area contributed by atoms with Crippen LogP contribution in [0.4, 0.5) is 0 Å². The van der Waals surface area contributed by atoms with Gasteiger partial charge in [-0.2, -0.15) is 0 Å². The fourth-order valence-corrected chi connectivity index (χ4v) is 3.07. The van der Waals surface area contributed by atoms with Gasteiger partial charge < -0.3 is 19.2 Å². The maximum absolute atomic E-state index is 12.5. The van der Waals surface area contributed by atoms with E-state index < -0.39 is 5.97 Å². The van der Waals surface area contributed by atoms with Gasteiger partial charge >= 0.3 is 5.97 Å². The molecule has 3 rings (SSSR count). The van der Waals surface area contributed by atoms with Gasteiger partial charge in [0.2, 0.25) is 0 Å². The Morgan fingerprint density at radius 3 is 2.67 bits per heavy atom. The zero-order chi connectivity index (χ0) is 19.4. The number of benzene rings is 1. The van der Waals surface area contributed by atoms with Gasteiger partial charge in [-0.05, 0) is 37.1 Å². The molecule has 0 amide bonds. The summed E-state index contributed by atoms with van der Waals surface area (Å²) in [7, 11) is 3.23. The standard InChI is InChI=1S/C21H22N2O4/c1-5-27-21(24)20-19(17-11-14(25-3)9-10-22-17)16(12-23-20)15-7-6-8-18(26-4)13(15)2/h6-12,23H,5H2,1-4H3. The number of pyridine rings is 1. The average Bonchev–Trinajstić information content (AvgIpc) is 3.13. The van der Waals surface area contributed by atoms with Crippen molar-refractivity contribution in [2.75, 3.05) is 20.8 Å². The molecule has 0 aliphatic heterocycles. The lowest BCUT2D eigenvalue weighted by atomic mass is 9.96. The lowest BCUT2D eigenvalue weighted by molar-refractivity contribution is 0.0521. The molecule has 1 aromatic carbocycles. The Bertz CT molecular complexity index is 963. The molecule has 0 atom stereocenters. The molecule has 0 radical (unpaired) electrons. The predicted octanol–water partition coefficient (Wildman–Crippen LogP) is 4.25. The summed E-state index contributed by atoms with van der Waals surface area (Å²) in [5.74, 6) is 1.00. The number of esters is 1. The molecule has 2 aromatic heterocycles. The first-order chi connectivity index (χ1) is 13.1. The summed E-state index contributed by atoms with van der Waals surface area (Å²) in [4.78, 5) is 20.0. The fourth-order valence-electron chi connectivity index (χ4n) is 3.07. The molecule has 0 unspecified atom stereocenters. The van der Waals surface area contributed by atoms with Crippen LogP contribution < -0.4 is 9.47 Å². The summed E-state index contributed by atoms with van der Waals surface area (Å²) in [6, 6.07) is 9.36. The molecule has 0 aliphatic rings. The van der Waals surface area contributed by atoms with Gasteiger partial charge in [0.25, 0.3) is 0 Å². The molecule has 2 heterocycles. The molecule has 0 saturated carbocycles. The average molecular weight is 366 g/mol. The Morgan fingerprint density at radius 1 is 1.15 bits per heavy atom. The summed E-state index contributed by atoms with van der Waals surface area (Å²) in [6.45, 7) is 4.04. The third kappa shape index (κ3) is 3.51. The van der Waals surface area contributed by atoms with Gasteiger partial charge in [0, 0.05) is 29.6 Å². The predicted molar refractivity (Wildman–Crippen MR) is 103 cm³/mol. The van der Waals surface area contributed by atoms with Crippen molar-refractivity contribution in [1.29, 1.82) is 0 Å². The van der Waals surface area contributed by atoms with Crippen molar-refractivity contribution in [3.05, 3.63) is 54.0 Å². The van der Waals surface area contributed by atoms with Gasteiger partial charge in [-0.1, -0.05) is 12.1 Å². The second-order valence-electron chi connectivity index (χ2n) is 5.89. The number of hydrogen-bond donors (Lipinski definition) is 1. The molecule has 0 aliphatic carbocycles. The van der Waals surface area contributed by atoms with Crippen molar-refractivity contribution < 1.29 is 19.0 Å². The Balaban J connectivity index is 2.25. The van der Waals surface area contributed by atoms with Gasteiger partial charge in [0.05, 0.1) is 26.5 Å². The summed E-state index contributed by atoms with van der Waals surface area (Å²) >= 11 is 0. The number of nitrogens with zero attached hydrogens (tertiary/aromatic N) is 1. The van der Waals surface area contributed by atoms with Gasteiger partial charge in [-0.3, -0.25) is 4.98 Å². The van der Waals surface area contributed by atoms with E-state index in [1.54, 1.807) is 45.7 Å². The monoisotopic (exact) mass is 366 g/mol. The number of methoxy groups -OCH3 is 2. The maximum Gasteiger partial charge on any atom is 0.355 e. The summed E-state index contributed by atoms with van der Waals surface area (Å²) < 4.78 is 16.0. The van der Waals surface area contributed by atoms with E-state index in [2.05, 4.69) is 9.97 Å². The Labute approximate surface area is 158 Å². The van der Waals surface area contributed by atoms with E-state index in [9.17, 15) is 4.79 Å². The molecule has 6 heteroatoms. The molecule has 0 fully saturated rings. The largest absolute Gasteiger partial charge is 0.497 e. The van der Waals surface area contributed by atoms with Crippen LogP contribution in [0.3, 0.4) is 0 Å². The van der Waals surface area contributed by atoms with Crippen LogP contribution in [0, 0.1) is 6.92 Å². The van der Waals surface area contributed by atoms with E-state index in [0.29, 0.717) is 22.7 Å². The first-order valence-corrected chi connectivity index (χ1v) is 8.63. The first-order valence-electron chi connectivity index (χ1n) is 8.63. The molecular weight excluding hydrogens is 344 g/mol. The lowest BCUT2D eigenvalue weighted by Gasteiger charge is -2.12. The zero-order valence-electron chi connectivity index (χ0n) is 15.8. The molecule has 1 N–H and O–H groups in total. The van der Waals surface area contributed by atoms with Crippen LogP contribution in [0.25, 0.3) is 22.4 Å². The van der Waals surface area contributed by atoms with Crippen LogP contribution in [-0.2, 0) is 4.74 Å². The molecule has 27 heavy (non-hydrogen) atoms. The highest BCUT2D eigenvalue weighted by Gasteiger charge is 2.23. The number of aromatic nitrogens is 2. The molecule has 3 aromatic rings. The smallest absolute Gasteiger partial charge is 0.355 e. The topological polar surface area (TPSA) is 73.4 Å². The van der Waals surface area contributed by atoms with Crippen molar-refractivity contribution >= 4 is 5.97 Å². The lowest BCUT2D eigenvalue weighted by Crippen LogP contribution is -2.07. The highest BCUT2D eigenvalue weighted by Crippen LogP contribution is 2.39. The number of nitrogens with one attached hydrogen (secondary N) is 1. The van der Waals surface area contributed by atoms with Crippen LogP contribution in [0.5, 0.6) is 11.5 Å². The first kappa shape index (κ1) is 18.5. The third-order valence-corrected chi connectivity index (χ3v) is 4.38. The Kier molecular flexibility index (Phi) is 5.45. The van der Waals surface area contributed by atoms with Crippen molar-refractivity contribution in [2.45, 2.75) is 13.8 Å². The van der Waals surface area contributed by atoms with Crippen LogP contribution in [-0.4, -0.2) is 36.8 Å². The van der Waals surface area contributed by atoms with E-state index in [-0.39, 0.29) is 6.61 Å². The number of hydrogen-bond acceptors (Lipinski definition) is 5. The van der Waals surface area contributed by atoms with Crippen LogP contribution >= 0.6 is 0 Å². The Hall–Kier alpha value is -3.28. The minimum absolute atomic E-state index is 0.288. The molecule has 0 spiro atoms. The quantitative estimate of drug-likeness (QED) is 0.660. The summed E-state index contributed by atoms with van der Waals surface area (Å²) in [6.07, 6.45) is 3.45. The third-order valence-electron chi connectivity index (χ3n) is 4.38. The van der Waals surface area contributed by atoms with E-state index in [4.69, 9.17) is 14.2 Å². The van der Waals surface area contributed by atoms with Gasteiger partial charge in [-0.15, -0.1) is 0 Å². The highest BCUT2D eigenvalue weighted by atomic mass is 16.5. The summed E-state index contributed by atoms with van der Waals surface area (Å²) in [5.41, 5.74) is 4.41. The minimum Gasteiger partial charge on any atom is -0.497 e. The number of carbonyl (C=O) groups excluding carboxylic acids is 1. The Morgan fingerprint density at radius 2 is 1.96 bits per heavy atom. The van der Waals surface area contributed by atoms with Crippen molar-refractivity contribution in [3.63, 3.8) is 0 Å². The minimum atomic E-state index is -0.427. The number of aromatic amines is 1. The molecule has 6 nitrogen and oxygen atoms in total. The SMILES string of the molecule is CCOC(=O)c1[nH]cc(-c2cccc(OC)c2C)c1-c1cc(OC)ccn1. The van der Waals surface area contributed by atoms with Crippen LogP contribution in [0.15, 0.2) is 42.7 Å². The number of H-pyrrole nitrogens is 1. The van der Waals surface area contributed by atoms with Crippen molar-refractivity contribution in [1.82, 2.24) is 9.97 Å². The second kappa shape index (κ2) is 7.95. The second-order valence-corrected chi connectivity index (χ2v) is 5.89. The van der Waals surface area contributed by atoms with Crippen LogP contribution in [0.1, 0.15) is 23.0 Å². The molecule has 140 valence electrons. The number of ether oxygens (including phenoxy) is 3. The number of carbonyl (C=O) groups is 1. The van der Waals surface area contributed by atoms with E-state index in [1.165, 1.54) is 0 Å². The van der Waals surface area contributed by atoms with Gasteiger partial charge in [-0.25, -0.2) is 4.79 Å². The van der Waals surface area contributed by atoms with Crippen LogP contribution in [0.2, 0.25) is 0 Å². The van der Waals surface area contributed by atoms with Crippen molar-refractivity contribution in [2.24, 2.45) is 0 Å². The van der Waals surface area contributed by atoms with E-state index in [1.807, 2.05) is 25.1 Å². The highest BCUT2D eigenvalue weighted by molar-refractivity contribution is 6.01. The van der Waals surface area contributed by atoms with Crippen molar-refractivity contribution in [3.8, 4) is 33.9 Å². The van der Waals surface area contributed by atoms with E-state index >= 15 is 0 Å².